The van der Waals surface area contributed by atoms with Gasteiger partial charge in [-0.1, -0.05) is 11.6 Å². The first-order chi connectivity index (χ1) is 16.0. The maximum atomic E-state index is 12.1. The van der Waals surface area contributed by atoms with Crippen LogP contribution in [-0.4, -0.2) is 27.8 Å². The molecule has 0 radical (unpaired) electrons. The maximum Gasteiger partial charge on any atom is 0.230 e. The van der Waals surface area contributed by atoms with E-state index in [-0.39, 0.29) is 17.9 Å². The molecule has 2 aliphatic carbocycles. The number of aromatic nitrogens is 1. The third-order valence-electron chi connectivity index (χ3n) is 7.40. The molecule has 6 rings (SSSR count). The van der Waals surface area contributed by atoms with Gasteiger partial charge >= 0.3 is 0 Å². The van der Waals surface area contributed by atoms with Gasteiger partial charge in [-0.25, -0.2) is 0 Å². The van der Waals surface area contributed by atoms with E-state index in [2.05, 4.69) is 11.9 Å². The summed E-state index contributed by atoms with van der Waals surface area (Å²) in [7, 11) is 0. The molecule has 0 unspecified atom stereocenters. The number of ether oxygens (including phenoxy) is 1. The van der Waals surface area contributed by atoms with Crippen LogP contribution in [0.2, 0.25) is 5.02 Å². The third-order valence-corrected chi connectivity index (χ3v) is 8.76. The summed E-state index contributed by atoms with van der Waals surface area (Å²) in [5.74, 6) is 2.17. The number of hydrogen-bond acceptors (Lipinski definition) is 5. The second kappa shape index (κ2) is 8.10. The first kappa shape index (κ1) is 21.1. The Morgan fingerprint density at radius 1 is 1.12 bits per heavy atom. The van der Waals surface area contributed by atoms with E-state index in [0.29, 0.717) is 30.3 Å². The molecule has 170 valence electrons. The number of thiophene rings is 1. The molecule has 2 aromatic heterocycles. The number of fused-ring (bicyclic) bond motifs is 3. The zero-order chi connectivity index (χ0) is 22.7. The van der Waals surface area contributed by atoms with Crippen molar-refractivity contribution in [3.63, 3.8) is 0 Å². The van der Waals surface area contributed by atoms with Crippen molar-refractivity contribution < 1.29 is 14.3 Å². The minimum Gasteiger partial charge on any atom is -0.489 e. The standard InChI is InChI=1S/C26H25ClN2O3S/c1-14-8-17(27)11-20(25(14)32-22-10-15-2-3-16(22)9-15)19-6-7-28-21-12-18(33-26(19)21)13-29-23(30)4-5-24(29)31/h6-8,11-12,15-16,22H,2-5,9-10,13H2,1H3/t15-,16+,22+/m1/s1. The fourth-order valence-electron chi connectivity index (χ4n) is 5.80. The lowest BCUT2D eigenvalue weighted by Crippen LogP contribution is -2.27. The smallest absolute Gasteiger partial charge is 0.230 e. The van der Waals surface area contributed by atoms with Gasteiger partial charge in [0.2, 0.25) is 11.8 Å². The van der Waals surface area contributed by atoms with E-state index >= 15 is 0 Å². The number of imide groups is 1. The van der Waals surface area contributed by atoms with Gasteiger partial charge in [0, 0.05) is 40.1 Å². The van der Waals surface area contributed by atoms with E-state index in [0.717, 1.165) is 49.9 Å². The van der Waals surface area contributed by atoms with Crippen LogP contribution in [0.25, 0.3) is 21.3 Å². The molecule has 33 heavy (non-hydrogen) atoms. The van der Waals surface area contributed by atoms with Gasteiger partial charge in [0.15, 0.2) is 0 Å². The van der Waals surface area contributed by atoms with Crippen LogP contribution in [-0.2, 0) is 16.1 Å². The first-order valence-electron chi connectivity index (χ1n) is 11.6. The number of carbonyl (C=O) groups is 2. The minimum atomic E-state index is -0.0994. The number of amides is 2. The molecule has 3 aliphatic rings. The van der Waals surface area contributed by atoms with E-state index in [1.807, 2.05) is 24.3 Å². The Hall–Kier alpha value is -2.44. The Balaban J connectivity index is 1.39. The first-order valence-corrected chi connectivity index (χ1v) is 12.8. The SMILES string of the molecule is Cc1cc(Cl)cc(-c2ccnc3cc(CN4C(=O)CCC4=O)sc23)c1O[C@H]1C[C@@H]2CC[C@H]1C2. The fraction of sp³-hybridized carbons (Fsp3) is 0.423. The van der Waals surface area contributed by atoms with E-state index < -0.39 is 0 Å². The summed E-state index contributed by atoms with van der Waals surface area (Å²) in [5.41, 5.74) is 3.90. The third kappa shape index (κ3) is 3.73. The van der Waals surface area contributed by atoms with Crippen molar-refractivity contribution in [3.05, 3.63) is 45.9 Å². The summed E-state index contributed by atoms with van der Waals surface area (Å²) in [6.45, 7) is 2.36. The summed E-state index contributed by atoms with van der Waals surface area (Å²) in [5, 5.41) is 0.679. The largest absolute Gasteiger partial charge is 0.489 e. The number of halogens is 1. The molecule has 1 saturated heterocycles. The fourth-order valence-corrected chi connectivity index (χ4v) is 7.20. The molecular weight excluding hydrogens is 456 g/mol. The lowest BCUT2D eigenvalue weighted by atomic mass is 9.97. The van der Waals surface area contributed by atoms with Crippen LogP contribution < -0.4 is 4.74 Å². The van der Waals surface area contributed by atoms with Gasteiger partial charge in [-0.15, -0.1) is 11.3 Å². The number of aryl methyl sites for hydroxylation is 1. The molecule has 3 fully saturated rings. The lowest BCUT2D eigenvalue weighted by molar-refractivity contribution is -0.138. The molecule has 1 aliphatic heterocycles. The van der Waals surface area contributed by atoms with Gasteiger partial charge in [0.05, 0.1) is 16.8 Å². The number of hydrogen-bond donors (Lipinski definition) is 0. The molecule has 1 aromatic carbocycles. The Morgan fingerprint density at radius 2 is 1.94 bits per heavy atom. The molecule has 2 amide bonds. The number of pyridine rings is 1. The lowest BCUT2D eigenvalue weighted by Gasteiger charge is -2.26. The van der Waals surface area contributed by atoms with Crippen molar-refractivity contribution in [1.29, 1.82) is 0 Å². The molecular formula is C26H25ClN2O3S. The second-order valence-electron chi connectivity index (χ2n) is 9.59. The minimum absolute atomic E-state index is 0.0994. The van der Waals surface area contributed by atoms with Gasteiger partial charge in [0.1, 0.15) is 11.9 Å². The van der Waals surface area contributed by atoms with Crippen LogP contribution in [0, 0.1) is 18.8 Å². The van der Waals surface area contributed by atoms with Crippen molar-refractivity contribution >= 4 is 45.0 Å². The van der Waals surface area contributed by atoms with E-state index in [1.165, 1.54) is 24.2 Å². The number of benzene rings is 1. The highest BCUT2D eigenvalue weighted by Crippen LogP contribution is 2.48. The Kier molecular flexibility index (Phi) is 5.18. The Labute approximate surface area is 201 Å². The zero-order valence-corrected chi connectivity index (χ0v) is 20.0. The zero-order valence-electron chi connectivity index (χ0n) is 18.5. The highest BCUT2D eigenvalue weighted by molar-refractivity contribution is 7.19. The van der Waals surface area contributed by atoms with Gasteiger partial charge in [-0.05, 0) is 74.3 Å². The van der Waals surface area contributed by atoms with Crippen molar-refractivity contribution in [1.82, 2.24) is 9.88 Å². The molecule has 2 saturated carbocycles. The van der Waals surface area contributed by atoms with Crippen molar-refractivity contribution in [2.45, 2.75) is 58.1 Å². The molecule has 3 aromatic rings. The van der Waals surface area contributed by atoms with Crippen molar-refractivity contribution in [2.24, 2.45) is 11.8 Å². The molecule has 2 bridgehead atoms. The summed E-state index contributed by atoms with van der Waals surface area (Å²) in [4.78, 5) is 31.1. The summed E-state index contributed by atoms with van der Waals surface area (Å²) >= 11 is 8.08. The normalized spacial score (nSPS) is 24.4. The molecule has 7 heteroatoms. The highest BCUT2D eigenvalue weighted by Gasteiger charge is 2.41. The predicted octanol–water partition coefficient (Wildman–Crippen LogP) is 6.14. The van der Waals surface area contributed by atoms with Crippen LogP contribution in [0.3, 0.4) is 0 Å². The van der Waals surface area contributed by atoms with Crippen LogP contribution in [0.5, 0.6) is 5.75 Å². The molecule has 0 spiro atoms. The maximum absolute atomic E-state index is 12.1. The average molecular weight is 481 g/mol. The van der Waals surface area contributed by atoms with Crippen molar-refractivity contribution in [3.8, 4) is 16.9 Å². The second-order valence-corrected chi connectivity index (χ2v) is 11.2. The Bertz CT molecular complexity index is 1270. The van der Waals surface area contributed by atoms with Crippen LogP contribution >= 0.6 is 22.9 Å². The summed E-state index contributed by atoms with van der Waals surface area (Å²) < 4.78 is 7.72. The van der Waals surface area contributed by atoms with Gasteiger partial charge in [-0.2, -0.15) is 0 Å². The highest BCUT2D eigenvalue weighted by atomic mass is 35.5. The quantitative estimate of drug-likeness (QED) is 0.411. The molecule has 5 nitrogen and oxygen atoms in total. The van der Waals surface area contributed by atoms with Crippen LogP contribution in [0.1, 0.15) is 49.0 Å². The van der Waals surface area contributed by atoms with E-state index in [4.69, 9.17) is 16.3 Å². The Morgan fingerprint density at radius 3 is 2.67 bits per heavy atom. The predicted molar refractivity (Wildman–Crippen MR) is 129 cm³/mol. The van der Waals surface area contributed by atoms with Gasteiger partial charge in [-0.3, -0.25) is 19.5 Å². The van der Waals surface area contributed by atoms with Crippen LogP contribution in [0.4, 0.5) is 0 Å². The number of nitrogens with zero attached hydrogens (tertiary/aromatic N) is 2. The molecule has 0 N–H and O–H groups in total. The number of carbonyl (C=O) groups excluding carboxylic acids is 2. The summed E-state index contributed by atoms with van der Waals surface area (Å²) in [6.07, 6.45) is 7.70. The number of likely N-dealkylation sites (tertiary alicyclic amines) is 1. The monoisotopic (exact) mass is 480 g/mol. The van der Waals surface area contributed by atoms with Gasteiger partial charge < -0.3 is 4.74 Å². The summed E-state index contributed by atoms with van der Waals surface area (Å²) in [6, 6.07) is 7.94. The topological polar surface area (TPSA) is 59.5 Å². The van der Waals surface area contributed by atoms with E-state index in [1.54, 1.807) is 17.5 Å². The van der Waals surface area contributed by atoms with Crippen molar-refractivity contribution in [2.75, 3.05) is 0 Å². The van der Waals surface area contributed by atoms with Gasteiger partial charge in [0.25, 0.3) is 0 Å². The van der Waals surface area contributed by atoms with Crippen LogP contribution in [0.15, 0.2) is 30.5 Å². The average Bonchev–Trinajstić information content (AvgIpc) is 3.56. The number of rotatable bonds is 5. The molecule has 3 atom stereocenters. The molecule has 3 heterocycles. The van der Waals surface area contributed by atoms with E-state index in [9.17, 15) is 9.59 Å².